The molecule has 5 heteroatoms. The molecule has 0 aliphatic carbocycles. The van der Waals surface area contributed by atoms with Crippen molar-refractivity contribution in [3.8, 4) is 44.2 Å². The number of nitrogens with zero attached hydrogens (tertiary/aromatic N) is 3. The second kappa shape index (κ2) is 13.1. The maximum atomic E-state index is 5.15. The van der Waals surface area contributed by atoms with Crippen LogP contribution < -0.4 is 0 Å². The summed E-state index contributed by atoms with van der Waals surface area (Å²) in [5, 5.41) is 8.60. The molecule has 0 saturated carbocycles. The Balaban J connectivity index is 1.03. The molecule has 4 heterocycles. The number of hydrogen-bond donors (Lipinski definition) is 0. The van der Waals surface area contributed by atoms with Crippen molar-refractivity contribution in [1.29, 1.82) is 0 Å². The summed E-state index contributed by atoms with van der Waals surface area (Å²) in [5.74, 6) is 0. The van der Waals surface area contributed by atoms with Crippen molar-refractivity contribution in [2.75, 3.05) is 0 Å². The highest BCUT2D eigenvalue weighted by molar-refractivity contribution is 7.25. The van der Waals surface area contributed by atoms with Crippen LogP contribution >= 0.6 is 22.7 Å². The van der Waals surface area contributed by atoms with Crippen molar-refractivity contribution >= 4 is 96.7 Å². The lowest BCUT2D eigenvalue weighted by atomic mass is 9.99. The average molecular weight is 800 g/mol. The molecular weight excluding hydrogens is 767 g/mol. The first-order valence-electron chi connectivity index (χ1n) is 20.3. The van der Waals surface area contributed by atoms with Crippen LogP contribution in [0.4, 0.5) is 0 Å². The Hall–Kier alpha value is -7.31. The zero-order valence-electron chi connectivity index (χ0n) is 32.2. The van der Waals surface area contributed by atoms with Crippen LogP contribution in [0.3, 0.4) is 0 Å². The van der Waals surface area contributed by atoms with Gasteiger partial charge in [0.15, 0.2) is 0 Å². The second-order valence-electron chi connectivity index (χ2n) is 15.5. The predicted molar refractivity (Wildman–Crippen MR) is 257 cm³/mol. The molecule has 0 unspecified atom stereocenters. The number of thiazole rings is 1. The molecule has 0 atom stereocenters. The third-order valence-corrected chi connectivity index (χ3v) is 14.4. The fraction of sp³-hybridized carbons (Fsp3) is 0. The van der Waals surface area contributed by atoms with Crippen molar-refractivity contribution in [3.63, 3.8) is 0 Å². The smallest absolute Gasteiger partial charge is 0.124 e. The largest absolute Gasteiger partial charge is 0.309 e. The summed E-state index contributed by atoms with van der Waals surface area (Å²) in [6.45, 7) is 0. The Morgan fingerprint density at radius 2 is 0.983 bits per heavy atom. The van der Waals surface area contributed by atoms with Gasteiger partial charge >= 0.3 is 0 Å². The first-order chi connectivity index (χ1) is 29.7. The highest BCUT2D eigenvalue weighted by Gasteiger charge is 2.21. The van der Waals surface area contributed by atoms with Crippen molar-refractivity contribution in [2.24, 2.45) is 0 Å². The molecule has 9 aromatic carbocycles. The molecule has 13 aromatic rings. The van der Waals surface area contributed by atoms with Crippen LogP contribution in [0.5, 0.6) is 0 Å². The van der Waals surface area contributed by atoms with E-state index in [1.807, 2.05) is 11.3 Å². The Morgan fingerprint density at radius 1 is 0.350 bits per heavy atom. The first kappa shape index (κ1) is 33.6. The normalized spacial score (nSPS) is 12.0. The number of benzene rings is 9. The van der Waals surface area contributed by atoms with E-state index in [-0.39, 0.29) is 0 Å². The molecule has 4 aromatic heterocycles. The van der Waals surface area contributed by atoms with E-state index in [4.69, 9.17) is 4.98 Å². The van der Waals surface area contributed by atoms with Gasteiger partial charge in [-0.3, -0.25) is 0 Å². The maximum absolute atomic E-state index is 5.15. The van der Waals surface area contributed by atoms with E-state index in [1.54, 1.807) is 11.3 Å². The molecule has 0 aliphatic heterocycles. The third kappa shape index (κ3) is 5.03. The number of hydrogen-bond acceptors (Lipinski definition) is 3. The standard InChI is InChI=1S/C55H33N3S2/c1-3-13-34(14-4-1)55-56-47-28-27-44-45-33-37(25-29-49(45)57(53(44)54(47)60-55)38-16-5-2-6-17-38)40-21-12-22-43-41-19-7-9-23-48(41)58(52(40)43)39-18-11-15-35(31-39)36-26-30-51-46(32-36)42-20-8-10-24-50(42)59-51/h1-33H. The minimum atomic E-state index is 1.02. The molecule has 0 amide bonds. The van der Waals surface area contributed by atoms with Gasteiger partial charge in [0.25, 0.3) is 0 Å². The molecule has 13 rings (SSSR count). The Morgan fingerprint density at radius 3 is 1.88 bits per heavy atom. The van der Waals surface area contributed by atoms with Gasteiger partial charge in [0.1, 0.15) is 5.01 Å². The minimum absolute atomic E-state index is 1.02. The van der Waals surface area contributed by atoms with E-state index in [9.17, 15) is 0 Å². The lowest BCUT2D eigenvalue weighted by Crippen LogP contribution is -1.96. The average Bonchev–Trinajstić information content (AvgIpc) is 4.08. The molecular formula is C55H33N3S2. The van der Waals surface area contributed by atoms with Crippen LogP contribution in [0.15, 0.2) is 200 Å². The van der Waals surface area contributed by atoms with Gasteiger partial charge in [-0.1, -0.05) is 127 Å². The third-order valence-electron chi connectivity index (χ3n) is 12.1. The highest BCUT2D eigenvalue weighted by Crippen LogP contribution is 2.44. The van der Waals surface area contributed by atoms with Crippen molar-refractivity contribution in [3.05, 3.63) is 200 Å². The van der Waals surface area contributed by atoms with Gasteiger partial charge in [0.2, 0.25) is 0 Å². The second-order valence-corrected chi connectivity index (χ2v) is 17.6. The van der Waals surface area contributed by atoms with Crippen LogP contribution in [0, 0.1) is 0 Å². The van der Waals surface area contributed by atoms with E-state index in [2.05, 4.69) is 209 Å². The van der Waals surface area contributed by atoms with Gasteiger partial charge in [-0.2, -0.15) is 0 Å². The molecule has 0 aliphatic rings. The predicted octanol–water partition coefficient (Wildman–Crippen LogP) is 15.9. The maximum Gasteiger partial charge on any atom is 0.124 e. The summed E-state index contributed by atoms with van der Waals surface area (Å²) in [5.41, 5.74) is 14.0. The SMILES string of the molecule is c1ccc(-c2nc3ccc4c5cc(-c6cccc7c8ccccc8n(-c8cccc(-c9ccc%10sc%11ccccc%11c%10c9)c8)c67)ccc5n(-c5ccccc5)c4c3s2)cc1. The van der Waals surface area contributed by atoms with E-state index in [1.165, 1.54) is 90.7 Å². The van der Waals surface area contributed by atoms with Gasteiger partial charge in [0, 0.05) is 64.2 Å². The topological polar surface area (TPSA) is 22.8 Å². The van der Waals surface area contributed by atoms with Crippen LogP contribution in [0.1, 0.15) is 0 Å². The van der Waals surface area contributed by atoms with Crippen molar-refractivity contribution in [1.82, 2.24) is 14.1 Å². The minimum Gasteiger partial charge on any atom is -0.309 e. The van der Waals surface area contributed by atoms with Crippen LogP contribution in [0.2, 0.25) is 0 Å². The van der Waals surface area contributed by atoms with Gasteiger partial charge < -0.3 is 9.13 Å². The highest BCUT2D eigenvalue weighted by atomic mass is 32.1. The van der Waals surface area contributed by atoms with Gasteiger partial charge in [-0.15, -0.1) is 22.7 Å². The molecule has 0 spiro atoms. The van der Waals surface area contributed by atoms with E-state index in [0.29, 0.717) is 0 Å². The van der Waals surface area contributed by atoms with E-state index >= 15 is 0 Å². The fourth-order valence-corrected chi connectivity index (χ4v) is 11.6. The number of rotatable bonds is 5. The molecule has 60 heavy (non-hydrogen) atoms. The zero-order valence-corrected chi connectivity index (χ0v) is 33.8. The summed E-state index contributed by atoms with van der Waals surface area (Å²) in [4.78, 5) is 5.15. The molecule has 0 saturated heterocycles. The van der Waals surface area contributed by atoms with Gasteiger partial charge in [0.05, 0.1) is 32.3 Å². The summed E-state index contributed by atoms with van der Waals surface area (Å²) in [7, 11) is 0. The molecule has 0 N–H and O–H groups in total. The van der Waals surface area contributed by atoms with Gasteiger partial charge in [-0.05, 0) is 89.5 Å². The summed E-state index contributed by atoms with van der Waals surface area (Å²) in [6.07, 6.45) is 0. The van der Waals surface area contributed by atoms with Gasteiger partial charge in [-0.25, -0.2) is 4.98 Å². The molecule has 0 fully saturated rings. The Bertz CT molecular complexity index is 3830. The van der Waals surface area contributed by atoms with Crippen LogP contribution in [-0.2, 0) is 0 Å². The Labute approximate surface area is 353 Å². The van der Waals surface area contributed by atoms with Crippen molar-refractivity contribution in [2.45, 2.75) is 0 Å². The molecule has 0 radical (unpaired) electrons. The zero-order chi connectivity index (χ0) is 39.3. The lowest BCUT2D eigenvalue weighted by Gasteiger charge is -2.14. The monoisotopic (exact) mass is 799 g/mol. The first-order valence-corrected chi connectivity index (χ1v) is 21.9. The summed E-state index contributed by atoms with van der Waals surface area (Å²) in [6, 6.07) is 73.2. The van der Waals surface area contributed by atoms with Crippen LogP contribution in [0.25, 0.3) is 118 Å². The number of aromatic nitrogens is 3. The fourth-order valence-electron chi connectivity index (χ4n) is 9.45. The summed E-state index contributed by atoms with van der Waals surface area (Å²) >= 11 is 3.64. The lowest BCUT2D eigenvalue weighted by molar-refractivity contribution is 1.18. The van der Waals surface area contributed by atoms with E-state index < -0.39 is 0 Å². The number of fused-ring (bicyclic) bond motifs is 11. The quantitative estimate of drug-likeness (QED) is 0.170. The van der Waals surface area contributed by atoms with Crippen LogP contribution in [-0.4, -0.2) is 14.1 Å². The molecule has 0 bridgehead atoms. The van der Waals surface area contributed by atoms with Crippen molar-refractivity contribution < 1.29 is 0 Å². The van der Waals surface area contributed by atoms with E-state index in [0.717, 1.165) is 27.5 Å². The summed E-state index contributed by atoms with van der Waals surface area (Å²) < 4.78 is 8.75. The number of para-hydroxylation sites is 3. The number of thiophene rings is 1. The molecule has 3 nitrogen and oxygen atoms in total. The molecule has 280 valence electrons. The Kier molecular flexibility index (Phi) is 7.35.